The first-order valence-corrected chi connectivity index (χ1v) is 8.18. The first-order valence-electron chi connectivity index (χ1n) is 4.88. The number of rotatable bonds is 1. The SMILES string of the molecule is CS(C)(C)c1ccc2cc(S)ccc2c1. The van der Waals surface area contributed by atoms with Gasteiger partial charge in [-0.05, 0) is 58.7 Å². The summed E-state index contributed by atoms with van der Waals surface area (Å²) in [7, 11) is -0.624. The predicted octanol–water partition coefficient (Wildman–Crippen LogP) is 4.18. The molecule has 0 aliphatic rings. The molecule has 0 bridgehead atoms. The zero-order chi connectivity index (χ0) is 11.1. The maximum absolute atomic E-state index is 4.35. The van der Waals surface area contributed by atoms with Crippen molar-refractivity contribution in [2.24, 2.45) is 0 Å². The van der Waals surface area contributed by atoms with Gasteiger partial charge in [0.2, 0.25) is 0 Å². The van der Waals surface area contributed by atoms with Gasteiger partial charge < -0.3 is 0 Å². The molecule has 0 spiro atoms. The Morgan fingerprint density at radius 1 is 0.867 bits per heavy atom. The van der Waals surface area contributed by atoms with Crippen LogP contribution in [0.4, 0.5) is 0 Å². The van der Waals surface area contributed by atoms with Crippen LogP contribution in [-0.2, 0) is 0 Å². The molecule has 0 amide bonds. The zero-order valence-corrected chi connectivity index (χ0v) is 11.0. The van der Waals surface area contributed by atoms with Gasteiger partial charge in [-0.1, -0.05) is 12.1 Å². The topological polar surface area (TPSA) is 0 Å². The minimum absolute atomic E-state index is 0.624. The van der Waals surface area contributed by atoms with Crippen molar-refractivity contribution in [1.29, 1.82) is 0 Å². The first kappa shape index (κ1) is 10.9. The van der Waals surface area contributed by atoms with Crippen LogP contribution in [0.2, 0.25) is 0 Å². The molecule has 0 nitrogen and oxygen atoms in total. The second-order valence-electron chi connectivity index (χ2n) is 4.53. The lowest BCUT2D eigenvalue weighted by atomic mass is 10.1. The van der Waals surface area contributed by atoms with Crippen LogP contribution in [0.5, 0.6) is 0 Å². The van der Waals surface area contributed by atoms with Gasteiger partial charge in [-0.3, -0.25) is 0 Å². The number of hydrogen-bond acceptors (Lipinski definition) is 1. The van der Waals surface area contributed by atoms with Gasteiger partial charge in [0.1, 0.15) is 0 Å². The number of fused-ring (bicyclic) bond motifs is 1. The minimum atomic E-state index is -0.624. The molecule has 0 heterocycles. The molecule has 0 aliphatic carbocycles. The van der Waals surface area contributed by atoms with E-state index < -0.39 is 10.0 Å². The average Bonchev–Trinajstić information content (AvgIpc) is 2.15. The standard InChI is InChI=1S/C13H16S2/c1-15(2,3)13-7-5-10-8-12(14)6-4-11(10)9-13/h4-9,14H,1-3H3. The Morgan fingerprint density at radius 3 is 2.13 bits per heavy atom. The highest BCUT2D eigenvalue weighted by Crippen LogP contribution is 2.45. The van der Waals surface area contributed by atoms with Gasteiger partial charge in [0.25, 0.3) is 0 Å². The van der Waals surface area contributed by atoms with Crippen molar-refractivity contribution >= 4 is 33.4 Å². The van der Waals surface area contributed by atoms with E-state index in [1.807, 2.05) is 6.07 Å². The summed E-state index contributed by atoms with van der Waals surface area (Å²) in [4.78, 5) is 2.49. The Hall–Kier alpha value is -0.600. The van der Waals surface area contributed by atoms with E-state index in [2.05, 4.69) is 61.7 Å². The molecular weight excluding hydrogens is 220 g/mol. The van der Waals surface area contributed by atoms with Gasteiger partial charge in [-0.2, -0.15) is 0 Å². The molecule has 0 atom stereocenters. The fourth-order valence-corrected chi connectivity index (χ4v) is 2.76. The van der Waals surface area contributed by atoms with E-state index in [-0.39, 0.29) is 0 Å². The summed E-state index contributed by atoms with van der Waals surface area (Å²) < 4.78 is 0. The third-order valence-corrected chi connectivity index (χ3v) is 4.45. The lowest BCUT2D eigenvalue weighted by molar-refractivity contribution is 1.45. The average molecular weight is 236 g/mol. The molecule has 2 aromatic carbocycles. The fourth-order valence-electron chi connectivity index (χ4n) is 1.59. The second-order valence-corrected chi connectivity index (χ2v) is 9.19. The van der Waals surface area contributed by atoms with Crippen LogP contribution in [-0.4, -0.2) is 18.8 Å². The quantitative estimate of drug-likeness (QED) is 0.706. The number of benzene rings is 2. The van der Waals surface area contributed by atoms with Crippen molar-refractivity contribution in [2.75, 3.05) is 18.8 Å². The van der Waals surface area contributed by atoms with E-state index in [0.29, 0.717) is 0 Å². The summed E-state index contributed by atoms with van der Waals surface area (Å²) in [6, 6.07) is 13.0. The Bertz CT molecular complexity index is 495. The highest BCUT2D eigenvalue weighted by atomic mass is 32.3. The molecule has 2 heteroatoms. The van der Waals surface area contributed by atoms with E-state index in [0.717, 1.165) is 4.90 Å². The molecule has 0 N–H and O–H groups in total. The molecule has 0 saturated heterocycles. The summed E-state index contributed by atoms with van der Waals surface area (Å²) >= 11 is 4.35. The van der Waals surface area contributed by atoms with Crippen LogP contribution in [0.15, 0.2) is 46.2 Å². The Labute approximate surface area is 98.4 Å². The lowest BCUT2D eigenvalue weighted by Gasteiger charge is -2.26. The van der Waals surface area contributed by atoms with Crippen LogP contribution >= 0.6 is 22.7 Å². The second kappa shape index (κ2) is 3.76. The van der Waals surface area contributed by atoms with Crippen molar-refractivity contribution in [3.05, 3.63) is 36.4 Å². The molecular formula is C13H16S2. The lowest BCUT2D eigenvalue weighted by Crippen LogP contribution is -1.92. The van der Waals surface area contributed by atoms with Crippen LogP contribution in [0.1, 0.15) is 0 Å². The molecule has 0 fully saturated rings. The van der Waals surface area contributed by atoms with E-state index in [1.165, 1.54) is 15.7 Å². The molecule has 0 saturated carbocycles. The Morgan fingerprint density at radius 2 is 1.47 bits per heavy atom. The molecule has 15 heavy (non-hydrogen) atoms. The van der Waals surface area contributed by atoms with Gasteiger partial charge >= 0.3 is 0 Å². The normalized spacial score (nSPS) is 13.1. The summed E-state index contributed by atoms with van der Waals surface area (Å²) in [6.07, 6.45) is 6.96. The Balaban J connectivity index is 2.62. The molecule has 0 aliphatic heterocycles. The molecule has 2 rings (SSSR count). The zero-order valence-electron chi connectivity index (χ0n) is 9.32. The molecule has 0 aromatic heterocycles. The summed E-state index contributed by atoms with van der Waals surface area (Å²) in [5.74, 6) is 0. The van der Waals surface area contributed by atoms with Crippen molar-refractivity contribution in [1.82, 2.24) is 0 Å². The maximum atomic E-state index is 4.35. The van der Waals surface area contributed by atoms with Gasteiger partial charge in [0.05, 0.1) is 0 Å². The third kappa shape index (κ3) is 2.32. The van der Waals surface area contributed by atoms with Crippen LogP contribution in [0.25, 0.3) is 10.8 Å². The maximum Gasteiger partial charge on any atom is 0.00463 e. The summed E-state index contributed by atoms with van der Waals surface area (Å²) in [5, 5.41) is 2.59. The van der Waals surface area contributed by atoms with Crippen LogP contribution < -0.4 is 0 Å². The van der Waals surface area contributed by atoms with E-state index in [1.54, 1.807) is 0 Å². The third-order valence-electron chi connectivity index (χ3n) is 2.50. The predicted molar refractivity (Wildman–Crippen MR) is 74.8 cm³/mol. The molecule has 2 aromatic rings. The first-order chi connectivity index (χ1) is 6.97. The minimum Gasteiger partial charge on any atom is -0.223 e. The van der Waals surface area contributed by atoms with Crippen LogP contribution in [0.3, 0.4) is 0 Å². The summed E-state index contributed by atoms with van der Waals surface area (Å²) in [6.45, 7) is 0. The van der Waals surface area contributed by atoms with Gasteiger partial charge in [0.15, 0.2) is 0 Å². The number of thiol groups is 1. The summed E-state index contributed by atoms with van der Waals surface area (Å²) in [5.41, 5.74) is 0. The molecule has 80 valence electrons. The molecule has 0 radical (unpaired) electrons. The monoisotopic (exact) mass is 236 g/mol. The Kier molecular flexibility index (Phi) is 2.73. The van der Waals surface area contributed by atoms with E-state index in [4.69, 9.17) is 0 Å². The van der Waals surface area contributed by atoms with Crippen molar-refractivity contribution in [3.63, 3.8) is 0 Å². The smallest absolute Gasteiger partial charge is 0.00463 e. The van der Waals surface area contributed by atoms with Crippen LogP contribution in [0, 0.1) is 0 Å². The fraction of sp³-hybridized carbons (Fsp3) is 0.231. The highest BCUT2D eigenvalue weighted by molar-refractivity contribution is 8.32. The van der Waals surface area contributed by atoms with Gasteiger partial charge in [-0.15, -0.1) is 12.6 Å². The van der Waals surface area contributed by atoms with Crippen molar-refractivity contribution in [3.8, 4) is 0 Å². The van der Waals surface area contributed by atoms with E-state index in [9.17, 15) is 0 Å². The van der Waals surface area contributed by atoms with Gasteiger partial charge in [-0.25, -0.2) is 10.0 Å². The largest absolute Gasteiger partial charge is 0.223 e. The van der Waals surface area contributed by atoms with Gasteiger partial charge in [0, 0.05) is 4.90 Å². The highest BCUT2D eigenvalue weighted by Gasteiger charge is 2.08. The number of hydrogen-bond donors (Lipinski definition) is 1. The van der Waals surface area contributed by atoms with Crippen molar-refractivity contribution < 1.29 is 0 Å². The van der Waals surface area contributed by atoms with Crippen molar-refractivity contribution in [2.45, 2.75) is 9.79 Å². The van der Waals surface area contributed by atoms with E-state index >= 15 is 0 Å². The molecule has 0 unspecified atom stereocenters.